The molecular formula is C9H13O2P. The van der Waals surface area contributed by atoms with Gasteiger partial charge in [0, 0.05) is 6.66 Å². The third kappa shape index (κ3) is 2.47. The molecule has 1 rings (SSSR count). The summed E-state index contributed by atoms with van der Waals surface area (Å²) < 4.78 is 5.17. The van der Waals surface area contributed by atoms with Crippen LogP contribution in [0.15, 0.2) is 18.2 Å². The van der Waals surface area contributed by atoms with Crippen molar-refractivity contribution in [2.45, 2.75) is 13.8 Å². The van der Waals surface area contributed by atoms with Crippen LogP contribution in [-0.2, 0) is 0 Å². The Morgan fingerprint density at radius 3 is 2.42 bits per heavy atom. The predicted octanol–water partition coefficient (Wildman–Crippen LogP) is 2.62. The summed E-state index contributed by atoms with van der Waals surface area (Å²) in [5.74, 6) is 0.745. The Bertz CT molecular complexity index is 271. The van der Waals surface area contributed by atoms with Gasteiger partial charge in [-0.2, -0.15) is 0 Å². The molecule has 66 valence electrons. The fourth-order valence-electron chi connectivity index (χ4n) is 0.923. The van der Waals surface area contributed by atoms with Crippen molar-refractivity contribution >= 4 is 8.38 Å². The van der Waals surface area contributed by atoms with Crippen LogP contribution in [0.25, 0.3) is 0 Å². The summed E-state index contributed by atoms with van der Waals surface area (Å²) in [6.45, 7) is 5.73. The largest absolute Gasteiger partial charge is 0.448 e. The standard InChI is InChI=1S/C9H13O2P/c1-7-4-5-9(6-8(7)2)11-12(3)10/h4-6,10H,1-3H3. The molecule has 1 N–H and O–H groups in total. The third-order valence-corrected chi connectivity index (χ3v) is 2.19. The van der Waals surface area contributed by atoms with Gasteiger partial charge in [-0.1, -0.05) is 6.07 Å². The first-order chi connectivity index (χ1) is 5.59. The van der Waals surface area contributed by atoms with Crippen molar-refractivity contribution in [1.29, 1.82) is 0 Å². The molecule has 1 aromatic carbocycles. The Labute approximate surface area is 74.1 Å². The van der Waals surface area contributed by atoms with Crippen LogP contribution in [0.1, 0.15) is 11.1 Å². The van der Waals surface area contributed by atoms with E-state index in [1.807, 2.05) is 32.0 Å². The third-order valence-electron chi connectivity index (χ3n) is 1.72. The molecule has 0 bridgehead atoms. The molecule has 0 amide bonds. The van der Waals surface area contributed by atoms with Crippen molar-refractivity contribution in [2.24, 2.45) is 0 Å². The summed E-state index contributed by atoms with van der Waals surface area (Å²) in [4.78, 5) is 9.01. The first kappa shape index (κ1) is 9.50. The van der Waals surface area contributed by atoms with E-state index in [1.165, 1.54) is 11.1 Å². The van der Waals surface area contributed by atoms with Gasteiger partial charge in [0.15, 0.2) is 0 Å². The molecule has 0 fully saturated rings. The molecule has 0 saturated carbocycles. The van der Waals surface area contributed by atoms with Crippen LogP contribution in [0.2, 0.25) is 0 Å². The highest BCUT2D eigenvalue weighted by molar-refractivity contribution is 7.45. The van der Waals surface area contributed by atoms with E-state index in [9.17, 15) is 0 Å². The summed E-state index contributed by atoms with van der Waals surface area (Å²) >= 11 is 0. The van der Waals surface area contributed by atoms with Crippen molar-refractivity contribution in [3.63, 3.8) is 0 Å². The highest BCUT2D eigenvalue weighted by Gasteiger charge is 2.00. The van der Waals surface area contributed by atoms with Crippen LogP contribution in [0, 0.1) is 13.8 Å². The lowest BCUT2D eigenvalue weighted by molar-refractivity contribution is 0.494. The molecule has 1 aromatic rings. The van der Waals surface area contributed by atoms with E-state index < -0.39 is 8.38 Å². The predicted molar refractivity (Wildman–Crippen MR) is 51.6 cm³/mol. The quantitative estimate of drug-likeness (QED) is 0.716. The van der Waals surface area contributed by atoms with Gasteiger partial charge in [-0.05, 0) is 37.1 Å². The van der Waals surface area contributed by atoms with Gasteiger partial charge < -0.3 is 9.42 Å². The molecule has 1 unspecified atom stereocenters. The van der Waals surface area contributed by atoms with Crippen LogP contribution < -0.4 is 4.52 Å². The average Bonchev–Trinajstić information content (AvgIpc) is 1.96. The second-order valence-electron chi connectivity index (χ2n) is 2.80. The number of benzene rings is 1. The normalized spacial score (nSPS) is 12.7. The number of hydrogen-bond acceptors (Lipinski definition) is 2. The van der Waals surface area contributed by atoms with E-state index in [1.54, 1.807) is 6.66 Å². The molecule has 0 aromatic heterocycles. The van der Waals surface area contributed by atoms with Gasteiger partial charge in [-0.25, -0.2) is 0 Å². The summed E-state index contributed by atoms with van der Waals surface area (Å²) in [6.07, 6.45) is 0. The van der Waals surface area contributed by atoms with Crippen LogP contribution in [0.4, 0.5) is 0 Å². The smallest absolute Gasteiger partial charge is 0.224 e. The summed E-state index contributed by atoms with van der Waals surface area (Å²) in [6, 6.07) is 5.80. The first-order valence-electron chi connectivity index (χ1n) is 3.77. The van der Waals surface area contributed by atoms with E-state index in [0.717, 1.165) is 5.75 Å². The molecule has 0 spiro atoms. The van der Waals surface area contributed by atoms with E-state index in [4.69, 9.17) is 9.42 Å². The summed E-state index contributed by atoms with van der Waals surface area (Å²) in [5, 5.41) is 0. The zero-order valence-corrected chi connectivity index (χ0v) is 8.43. The Balaban J connectivity index is 2.82. The molecule has 0 aliphatic carbocycles. The second kappa shape index (κ2) is 3.88. The molecule has 3 heteroatoms. The zero-order valence-electron chi connectivity index (χ0n) is 7.53. The average molecular weight is 184 g/mol. The van der Waals surface area contributed by atoms with Crippen molar-refractivity contribution < 1.29 is 9.42 Å². The van der Waals surface area contributed by atoms with Gasteiger partial charge in [0.05, 0.1) is 0 Å². The van der Waals surface area contributed by atoms with Gasteiger partial charge >= 0.3 is 0 Å². The minimum atomic E-state index is -1.30. The molecule has 0 aliphatic heterocycles. The number of hydrogen-bond donors (Lipinski definition) is 1. The molecule has 0 saturated heterocycles. The summed E-state index contributed by atoms with van der Waals surface area (Å²) in [7, 11) is -1.30. The van der Waals surface area contributed by atoms with Gasteiger partial charge in [0.25, 0.3) is 0 Å². The number of aryl methyl sites for hydroxylation is 2. The van der Waals surface area contributed by atoms with Gasteiger partial charge in [0.1, 0.15) is 5.75 Å². The van der Waals surface area contributed by atoms with Crippen LogP contribution in [0.5, 0.6) is 5.75 Å². The van der Waals surface area contributed by atoms with Crippen molar-refractivity contribution in [3.05, 3.63) is 29.3 Å². The van der Waals surface area contributed by atoms with Gasteiger partial charge in [-0.15, -0.1) is 0 Å². The maximum Gasteiger partial charge on any atom is 0.224 e. The summed E-state index contributed by atoms with van der Waals surface area (Å²) in [5.41, 5.74) is 2.42. The van der Waals surface area contributed by atoms with E-state index in [-0.39, 0.29) is 0 Å². The fraction of sp³-hybridized carbons (Fsp3) is 0.333. The minimum Gasteiger partial charge on any atom is -0.448 e. The Hall–Kier alpha value is -0.590. The second-order valence-corrected chi connectivity index (χ2v) is 3.91. The fourth-order valence-corrected chi connectivity index (χ4v) is 1.34. The first-order valence-corrected chi connectivity index (χ1v) is 5.43. The maximum atomic E-state index is 9.01. The highest BCUT2D eigenvalue weighted by atomic mass is 31.2. The minimum absolute atomic E-state index is 0.745. The lowest BCUT2D eigenvalue weighted by Crippen LogP contribution is -1.86. The molecule has 1 atom stereocenters. The van der Waals surface area contributed by atoms with Gasteiger partial charge in [0.2, 0.25) is 8.38 Å². The Morgan fingerprint density at radius 2 is 1.92 bits per heavy atom. The zero-order chi connectivity index (χ0) is 9.14. The highest BCUT2D eigenvalue weighted by Crippen LogP contribution is 2.30. The SMILES string of the molecule is Cc1ccc(OP(C)O)cc1C. The van der Waals surface area contributed by atoms with Crippen molar-refractivity contribution in [1.82, 2.24) is 0 Å². The molecule has 0 heterocycles. The molecule has 2 nitrogen and oxygen atoms in total. The van der Waals surface area contributed by atoms with Crippen LogP contribution in [-0.4, -0.2) is 11.6 Å². The topological polar surface area (TPSA) is 29.5 Å². The maximum absolute atomic E-state index is 9.01. The molecular weight excluding hydrogens is 171 g/mol. The van der Waals surface area contributed by atoms with Crippen LogP contribution in [0.3, 0.4) is 0 Å². The van der Waals surface area contributed by atoms with E-state index >= 15 is 0 Å². The van der Waals surface area contributed by atoms with E-state index in [0.29, 0.717) is 0 Å². The van der Waals surface area contributed by atoms with Crippen LogP contribution >= 0.6 is 8.38 Å². The van der Waals surface area contributed by atoms with E-state index in [2.05, 4.69) is 0 Å². The Morgan fingerprint density at radius 1 is 1.25 bits per heavy atom. The van der Waals surface area contributed by atoms with Crippen molar-refractivity contribution in [2.75, 3.05) is 6.66 Å². The molecule has 0 aliphatic rings. The number of rotatable bonds is 2. The van der Waals surface area contributed by atoms with Gasteiger partial charge in [-0.3, -0.25) is 0 Å². The Kier molecular flexibility index (Phi) is 3.07. The molecule has 0 radical (unpaired) electrons. The molecule has 12 heavy (non-hydrogen) atoms. The lowest BCUT2D eigenvalue weighted by Gasteiger charge is -2.08. The monoisotopic (exact) mass is 184 g/mol. The lowest BCUT2D eigenvalue weighted by atomic mass is 10.1. The van der Waals surface area contributed by atoms with Crippen molar-refractivity contribution in [3.8, 4) is 5.75 Å².